The zero-order valence-electron chi connectivity index (χ0n) is 14.2. The number of hydrogen-bond donors (Lipinski definition) is 2. The molecule has 0 amide bonds. The van der Waals surface area contributed by atoms with Gasteiger partial charge in [-0.1, -0.05) is 36.8 Å². The predicted molar refractivity (Wildman–Crippen MR) is 98.2 cm³/mol. The molecule has 1 aromatic carbocycles. The summed E-state index contributed by atoms with van der Waals surface area (Å²) in [7, 11) is 0. The Labute approximate surface area is 146 Å². The standard InChI is InChI=1S/C18H26N2O3S/c1-2-3-13-23-15-9-7-14(8-10-15)5-4-6-16-17(21)20(12-11-19)18(22)24-16/h7-10,21H,2-6,11-13,19H2,1H3. The van der Waals surface area contributed by atoms with Gasteiger partial charge in [0.25, 0.3) is 0 Å². The maximum Gasteiger partial charge on any atom is 0.310 e. The number of thiazole rings is 1. The van der Waals surface area contributed by atoms with Crippen LogP contribution in [0.4, 0.5) is 0 Å². The molecule has 0 unspecified atom stereocenters. The fraction of sp³-hybridized carbons (Fsp3) is 0.500. The minimum Gasteiger partial charge on any atom is -0.494 e. The van der Waals surface area contributed by atoms with Gasteiger partial charge >= 0.3 is 4.87 Å². The molecule has 0 aliphatic rings. The summed E-state index contributed by atoms with van der Waals surface area (Å²) in [6, 6.07) is 8.14. The molecule has 0 atom stereocenters. The molecule has 24 heavy (non-hydrogen) atoms. The van der Waals surface area contributed by atoms with E-state index in [4.69, 9.17) is 10.5 Å². The number of unbranched alkanes of at least 4 members (excludes halogenated alkanes) is 1. The fourth-order valence-corrected chi connectivity index (χ4v) is 3.42. The van der Waals surface area contributed by atoms with Crippen LogP contribution < -0.4 is 15.3 Å². The molecule has 2 rings (SSSR count). The number of nitrogens with zero attached hydrogens (tertiary/aromatic N) is 1. The average molecular weight is 350 g/mol. The minimum absolute atomic E-state index is 0.0788. The van der Waals surface area contributed by atoms with E-state index >= 15 is 0 Å². The van der Waals surface area contributed by atoms with Crippen molar-refractivity contribution in [1.82, 2.24) is 4.57 Å². The van der Waals surface area contributed by atoms with Crippen molar-refractivity contribution in [2.75, 3.05) is 13.2 Å². The molecule has 0 aliphatic carbocycles. The summed E-state index contributed by atoms with van der Waals surface area (Å²) in [6.07, 6.45) is 4.67. The second kappa shape index (κ2) is 9.49. The van der Waals surface area contributed by atoms with Gasteiger partial charge in [0, 0.05) is 13.1 Å². The SMILES string of the molecule is CCCCOc1ccc(CCCc2sc(=O)n(CCN)c2O)cc1. The first-order valence-corrected chi connectivity index (χ1v) is 9.30. The van der Waals surface area contributed by atoms with Crippen LogP contribution in [0.1, 0.15) is 36.6 Å². The number of rotatable bonds is 10. The van der Waals surface area contributed by atoms with Gasteiger partial charge in [0.05, 0.1) is 11.5 Å². The Morgan fingerprint density at radius 1 is 1.21 bits per heavy atom. The molecule has 3 N–H and O–H groups in total. The fourth-order valence-electron chi connectivity index (χ4n) is 2.47. The normalized spacial score (nSPS) is 10.9. The highest BCUT2D eigenvalue weighted by atomic mass is 32.1. The van der Waals surface area contributed by atoms with Crippen LogP contribution in [-0.4, -0.2) is 22.8 Å². The first-order valence-electron chi connectivity index (χ1n) is 8.49. The Kier molecular flexibility index (Phi) is 7.34. The topological polar surface area (TPSA) is 77.5 Å². The quantitative estimate of drug-likeness (QED) is 0.646. The van der Waals surface area contributed by atoms with Crippen LogP contribution in [0.5, 0.6) is 11.6 Å². The monoisotopic (exact) mass is 350 g/mol. The summed E-state index contributed by atoms with van der Waals surface area (Å²) in [4.78, 5) is 12.4. The van der Waals surface area contributed by atoms with Gasteiger partial charge in [0.2, 0.25) is 5.88 Å². The third kappa shape index (κ3) is 5.11. The molecule has 0 aliphatic heterocycles. The zero-order valence-corrected chi connectivity index (χ0v) is 15.0. The van der Waals surface area contributed by atoms with Crippen molar-refractivity contribution in [3.05, 3.63) is 44.4 Å². The van der Waals surface area contributed by atoms with Gasteiger partial charge in [0.1, 0.15) is 5.75 Å². The summed E-state index contributed by atoms with van der Waals surface area (Å²) < 4.78 is 7.00. The smallest absolute Gasteiger partial charge is 0.310 e. The van der Waals surface area contributed by atoms with Gasteiger partial charge in [-0.3, -0.25) is 9.36 Å². The van der Waals surface area contributed by atoms with Crippen molar-refractivity contribution < 1.29 is 9.84 Å². The summed E-state index contributed by atoms with van der Waals surface area (Å²) in [5, 5.41) is 10.1. The van der Waals surface area contributed by atoms with Gasteiger partial charge in [-0.15, -0.1) is 0 Å². The molecule has 5 nitrogen and oxygen atoms in total. The van der Waals surface area contributed by atoms with Crippen LogP contribution in [0, 0.1) is 0 Å². The van der Waals surface area contributed by atoms with Crippen molar-refractivity contribution >= 4 is 11.3 Å². The second-order valence-electron chi connectivity index (χ2n) is 5.75. The Bertz CT molecular complexity index is 677. The van der Waals surface area contributed by atoms with E-state index in [0.29, 0.717) is 19.5 Å². The van der Waals surface area contributed by atoms with Crippen LogP contribution in [0.25, 0.3) is 0 Å². The van der Waals surface area contributed by atoms with Crippen LogP contribution in [-0.2, 0) is 19.4 Å². The lowest BCUT2D eigenvalue weighted by Gasteiger charge is -2.06. The van der Waals surface area contributed by atoms with Crippen molar-refractivity contribution in [2.45, 2.75) is 45.6 Å². The number of ether oxygens (including phenoxy) is 1. The zero-order chi connectivity index (χ0) is 17.4. The molecule has 0 saturated carbocycles. The molecule has 0 radical (unpaired) electrons. The first-order chi connectivity index (χ1) is 11.7. The maximum atomic E-state index is 11.8. The molecule has 132 valence electrons. The number of benzene rings is 1. The Morgan fingerprint density at radius 3 is 2.62 bits per heavy atom. The Morgan fingerprint density at radius 2 is 1.96 bits per heavy atom. The highest BCUT2D eigenvalue weighted by molar-refractivity contribution is 7.09. The molecule has 0 spiro atoms. The largest absolute Gasteiger partial charge is 0.494 e. The highest BCUT2D eigenvalue weighted by Gasteiger charge is 2.12. The van der Waals surface area contributed by atoms with Crippen LogP contribution in [0.3, 0.4) is 0 Å². The Hall–Kier alpha value is -1.79. The van der Waals surface area contributed by atoms with Crippen molar-refractivity contribution in [2.24, 2.45) is 5.73 Å². The van der Waals surface area contributed by atoms with Gasteiger partial charge in [-0.05, 0) is 43.4 Å². The molecule has 0 bridgehead atoms. The van der Waals surface area contributed by atoms with E-state index in [1.54, 1.807) is 0 Å². The van der Waals surface area contributed by atoms with E-state index in [2.05, 4.69) is 19.1 Å². The van der Waals surface area contributed by atoms with Crippen LogP contribution >= 0.6 is 11.3 Å². The molecule has 2 aromatic rings. The molecule has 1 aromatic heterocycles. The molecular weight excluding hydrogens is 324 g/mol. The van der Waals surface area contributed by atoms with E-state index in [1.807, 2.05) is 12.1 Å². The summed E-state index contributed by atoms with van der Waals surface area (Å²) >= 11 is 1.11. The third-order valence-corrected chi connectivity index (χ3v) is 4.88. The molecule has 0 fully saturated rings. The number of aryl methyl sites for hydroxylation is 2. The number of nitrogens with two attached hydrogens (primary N) is 1. The summed E-state index contributed by atoms with van der Waals surface area (Å²) in [6.45, 7) is 3.61. The minimum atomic E-state index is -0.137. The highest BCUT2D eigenvalue weighted by Crippen LogP contribution is 2.22. The van der Waals surface area contributed by atoms with E-state index in [1.165, 1.54) is 10.1 Å². The molecule has 0 saturated heterocycles. The van der Waals surface area contributed by atoms with Crippen molar-refractivity contribution in [3.63, 3.8) is 0 Å². The van der Waals surface area contributed by atoms with E-state index in [9.17, 15) is 9.90 Å². The lowest BCUT2D eigenvalue weighted by Crippen LogP contribution is -2.18. The van der Waals surface area contributed by atoms with E-state index in [0.717, 1.165) is 54.3 Å². The van der Waals surface area contributed by atoms with Crippen molar-refractivity contribution in [1.29, 1.82) is 0 Å². The molecule has 6 heteroatoms. The van der Waals surface area contributed by atoms with Crippen LogP contribution in [0.2, 0.25) is 0 Å². The van der Waals surface area contributed by atoms with Gasteiger partial charge in [0.15, 0.2) is 0 Å². The molecular formula is C18H26N2O3S. The van der Waals surface area contributed by atoms with Gasteiger partial charge < -0.3 is 15.6 Å². The van der Waals surface area contributed by atoms with Gasteiger partial charge in [-0.25, -0.2) is 0 Å². The summed E-state index contributed by atoms with van der Waals surface area (Å²) in [5.74, 6) is 0.983. The first kappa shape index (κ1) is 18.5. The Balaban J connectivity index is 1.84. The van der Waals surface area contributed by atoms with E-state index in [-0.39, 0.29) is 10.8 Å². The van der Waals surface area contributed by atoms with Crippen molar-refractivity contribution in [3.8, 4) is 11.6 Å². The van der Waals surface area contributed by atoms with Crippen LogP contribution in [0.15, 0.2) is 29.1 Å². The molecule has 1 heterocycles. The predicted octanol–water partition coefficient (Wildman–Crippen LogP) is 2.93. The number of hydrogen-bond acceptors (Lipinski definition) is 5. The number of aromatic nitrogens is 1. The lowest BCUT2D eigenvalue weighted by molar-refractivity contribution is 0.309. The van der Waals surface area contributed by atoms with E-state index < -0.39 is 0 Å². The number of aromatic hydroxyl groups is 1. The summed E-state index contributed by atoms with van der Waals surface area (Å²) in [5.41, 5.74) is 6.69. The average Bonchev–Trinajstić information content (AvgIpc) is 2.85. The van der Waals surface area contributed by atoms with Gasteiger partial charge in [-0.2, -0.15) is 0 Å². The lowest BCUT2D eigenvalue weighted by atomic mass is 10.1. The maximum absolute atomic E-state index is 11.8. The second-order valence-corrected chi connectivity index (χ2v) is 6.80. The third-order valence-electron chi connectivity index (χ3n) is 3.85.